The van der Waals surface area contributed by atoms with Crippen molar-refractivity contribution in [3.8, 4) is 5.69 Å². The van der Waals surface area contributed by atoms with Gasteiger partial charge in [0, 0.05) is 16.5 Å². The Morgan fingerprint density at radius 2 is 1.57 bits per heavy atom. The molecule has 1 aliphatic rings. The van der Waals surface area contributed by atoms with Crippen molar-refractivity contribution >= 4 is 27.9 Å². The first-order chi connectivity index (χ1) is 11.4. The zero-order valence-corrected chi connectivity index (χ0v) is 12.9. The normalized spacial score (nSPS) is 13.6. The average Bonchev–Trinajstić information content (AvgIpc) is 2.97. The van der Waals surface area contributed by atoms with E-state index in [9.17, 15) is 0 Å². The van der Waals surface area contributed by atoms with E-state index in [0.717, 1.165) is 12.8 Å². The fourth-order valence-corrected chi connectivity index (χ4v) is 3.84. The van der Waals surface area contributed by atoms with Gasteiger partial charge in [0.05, 0.1) is 11.0 Å². The summed E-state index contributed by atoms with van der Waals surface area (Å²) in [6, 6.07) is 24.0. The van der Waals surface area contributed by atoms with Crippen molar-refractivity contribution in [3.05, 3.63) is 83.9 Å². The highest BCUT2D eigenvalue weighted by Gasteiger charge is 2.17. The van der Waals surface area contributed by atoms with E-state index in [1.54, 1.807) is 0 Å². The Labute approximate surface area is 135 Å². The third kappa shape index (κ3) is 1.80. The number of hydrogen-bond acceptors (Lipinski definition) is 0. The number of fused-ring (bicyclic) bond motifs is 5. The number of allylic oxidation sites excluding steroid dienone is 1. The number of hydrogen-bond donors (Lipinski definition) is 0. The molecule has 4 aromatic rings. The van der Waals surface area contributed by atoms with Crippen LogP contribution < -0.4 is 0 Å². The molecule has 1 aliphatic carbocycles. The summed E-state index contributed by atoms with van der Waals surface area (Å²) < 4.78 is 2.43. The number of para-hydroxylation sites is 2. The summed E-state index contributed by atoms with van der Waals surface area (Å²) in [5.74, 6) is 0. The molecule has 1 aromatic heterocycles. The van der Waals surface area contributed by atoms with Gasteiger partial charge in [0.25, 0.3) is 0 Å². The van der Waals surface area contributed by atoms with Crippen molar-refractivity contribution in [2.75, 3.05) is 0 Å². The molecule has 1 nitrogen and oxygen atoms in total. The van der Waals surface area contributed by atoms with Gasteiger partial charge >= 0.3 is 0 Å². The third-order valence-corrected chi connectivity index (χ3v) is 4.85. The number of rotatable bonds is 1. The van der Waals surface area contributed by atoms with Crippen molar-refractivity contribution in [2.45, 2.75) is 12.8 Å². The van der Waals surface area contributed by atoms with Crippen LogP contribution in [0.2, 0.25) is 0 Å². The van der Waals surface area contributed by atoms with E-state index in [1.165, 1.54) is 38.6 Å². The zero-order chi connectivity index (χ0) is 15.2. The van der Waals surface area contributed by atoms with Crippen LogP contribution in [0.3, 0.4) is 0 Å². The van der Waals surface area contributed by atoms with Crippen LogP contribution in [0.1, 0.15) is 17.5 Å². The maximum atomic E-state index is 2.43. The van der Waals surface area contributed by atoms with Crippen molar-refractivity contribution in [1.82, 2.24) is 4.57 Å². The maximum Gasteiger partial charge on any atom is 0.0579 e. The smallest absolute Gasteiger partial charge is 0.0579 e. The molecule has 0 amide bonds. The molecule has 0 N–H and O–H groups in total. The van der Waals surface area contributed by atoms with E-state index in [1.807, 2.05) is 0 Å². The van der Waals surface area contributed by atoms with Gasteiger partial charge in [-0.1, -0.05) is 60.7 Å². The zero-order valence-electron chi connectivity index (χ0n) is 12.9. The lowest BCUT2D eigenvalue weighted by atomic mass is 9.94. The fraction of sp³-hybridized carbons (Fsp3) is 0.0909. The molecular weight excluding hydrogens is 278 g/mol. The van der Waals surface area contributed by atoms with Gasteiger partial charge in [0.1, 0.15) is 0 Å². The fourth-order valence-electron chi connectivity index (χ4n) is 3.84. The minimum absolute atomic E-state index is 1.12. The Morgan fingerprint density at radius 1 is 0.739 bits per heavy atom. The van der Waals surface area contributed by atoms with Crippen molar-refractivity contribution < 1.29 is 0 Å². The topological polar surface area (TPSA) is 4.93 Å². The molecule has 110 valence electrons. The summed E-state index contributed by atoms with van der Waals surface area (Å²) in [5, 5.41) is 2.70. The first-order valence-corrected chi connectivity index (χ1v) is 8.20. The van der Waals surface area contributed by atoms with Crippen molar-refractivity contribution in [2.24, 2.45) is 0 Å². The van der Waals surface area contributed by atoms with Crippen LogP contribution in [0.4, 0.5) is 0 Å². The Morgan fingerprint density at radius 3 is 2.48 bits per heavy atom. The minimum Gasteiger partial charge on any atom is -0.309 e. The monoisotopic (exact) mass is 295 g/mol. The van der Waals surface area contributed by atoms with Crippen LogP contribution in [0.25, 0.3) is 33.6 Å². The summed E-state index contributed by atoms with van der Waals surface area (Å²) in [6.07, 6.45) is 6.80. The van der Waals surface area contributed by atoms with E-state index >= 15 is 0 Å². The molecule has 0 atom stereocenters. The highest BCUT2D eigenvalue weighted by atomic mass is 15.0. The van der Waals surface area contributed by atoms with Gasteiger partial charge < -0.3 is 4.57 Å². The number of aryl methyl sites for hydroxylation is 1. The summed E-state index contributed by atoms with van der Waals surface area (Å²) in [6.45, 7) is 0. The number of aromatic nitrogens is 1. The van der Waals surface area contributed by atoms with Gasteiger partial charge in [-0.2, -0.15) is 0 Å². The van der Waals surface area contributed by atoms with Gasteiger partial charge in [0.15, 0.2) is 0 Å². The van der Waals surface area contributed by atoms with E-state index in [2.05, 4.69) is 83.4 Å². The van der Waals surface area contributed by atoms with Crippen LogP contribution in [0, 0.1) is 0 Å². The van der Waals surface area contributed by atoms with E-state index in [-0.39, 0.29) is 0 Å². The van der Waals surface area contributed by atoms with Crippen LogP contribution in [-0.4, -0.2) is 4.57 Å². The third-order valence-electron chi connectivity index (χ3n) is 4.85. The molecule has 5 rings (SSSR count). The van der Waals surface area contributed by atoms with Crippen LogP contribution >= 0.6 is 0 Å². The SMILES string of the molecule is C1=Cc2ccc3c4ccccc4n(-c4ccccc4)c3c2CC1. The molecule has 3 aromatic carbocycles. The lowest BCUT2D eigenvalue weighted by Gasteiger charge is -2.15. The average molecular weight is 295 g/mol. The molecule has 0 aliphatic heterocycles. The van der Waals surface area contributed by atoms with Crippen LogP contribution in [0.5, 0.6) is 0 Å². The molecular formula is C22H17N. The molecule has 1 heteroatoms. The van der Waals surface area contributed by atoms with Crippen LogP contribution in [0.15, 0.2) is 72.8 Å². The predicted molar refractivity (Wildman–Crippen MR) is 98.1 cm³/mol. The molecule has 0 spiro atoms. The van der Waals surface area contributed by atoms with Crippen molar-refractivity contribution in [1.29, 1.82) is 0 Å². The largest absolute Gasteiger partial charge is 0.309 e. The molecule has 23 heavy (non-hydrogen) atoms. The Hall–Kier alpha value is -2.80. The number of benzene rings is 3. The Kier molecular flexibility index (Phi) is 2.68. The van der Waals surface area contributed by atoms with Crippen LogP contribution in [-0.2, 0) is 6.42 Å². The van der Waals surface area contributed by atoms with Gasteiger partial charge in [-0.05, 0) is 42.2 Å². The molecule has 0 radical (unpaired) electrons. The first kappa shape index (κ1) is 12.7. The highest BCUT2D eigenvalue weighted by molar-refractivity contribution is 6.11. The first-order valence-electron chi connectivity index (χ1n) is 8.20. The predicted octanol–water partition coefficient (Wildman–Crippen LogP) is 5.74. The second-order valence-electron chi connectivity index (χ2n) is 6.16. The molecule has 0 saturated heterocycles. The summed E-state index contributed by atoms with van der Waals surface area (Å²) >= 11 is 0. The van der Waals surface area contributed by atoms with Gasteiger partial charge in [-0.15, -0.1) is 0 Å². The Bertz CT molecular complexity index is 1050. The van der Waals surface area contributed by atoms with E-state index < -0.39 is 0 Å². The summed E-state index contributed by atoms with van der Waals surface area (Å²) in [7, 11) is 0. The van der Waals surface area contributed by atoms with Gasteiger partial charge in [-0.25, -0.2) is 0 Å². The molecule has 0 fully saturated rings. The molecule has 0 unspecified atom stereocenters. The van der Waals surface area contributed by atoms with E-state index in [0.29, 0.717) is 0 Å². The van der Waals surface area contributed by atoms with Crippen molar-refractivity contribution in [3.63, 3.8) is 0 Å². The second-order valence-corrected chi connectivity index (χ2v) is 6.16. The number of nitrogens with zero attached hydrogens (tertiary/aromatic N) is 1. The Balaban J connectivity index is 2.02. The van der Waals surface area contributed by atoms with Gasteiger partial charge in [0.2, 0.25) is 0 Å². The molecule has 0 bridgehead atoms. The summed E-state index contributed by atoms with van der Waals surface area (Å²) in [4.78, 5) is 0. The molecule has 1 heterocycles. The second kappa shape index (κ2) is 4.85. The summed E-state index contributed by atoms with van der Waals surface area (Å²) in [5.41, 5.74) is 6.74. The van der Waals surface area contributed by atoms with Gasteiger partial charge in [-0.3, -0.25) is 0 Å². The lowest BCUT2D eigenvalue weighted by molar-refractivity contribution is 0.984. The standard InChI is InChI=1S/C22H17N/c1-2-9-17(10-3-1)23-21-13-7-6-12-19(21)20-15-14-16-8-4-5-11-18(16)22(20)23/h1-4,6-10,12-15H,5,11H2. The highest BCUT2D eigenvalue weighted by Crippen LogP contribution is 2.37. The molecule has 0 saturated carbocycles. The maximum absolute atomic E-state index is 2.43. The quantitative estimate of drug-likeness (QED) is 0.422. The van der Waals surface area contributed by atoms with E-state index in [4.69, 9.17) is 0 Å². The minimum atomic E-state index is 1.12. The lowest BCUT2D eigenvalue weighted by Crippen LogP contribution is -2.00.